The number of amides is 2. The standard InChI is InChI=1S/C18H24N6O3S/c1-2-22-9-11-23(12-10-22)24-14-17(27-21-24)20-16(25)8-13-28-18(26)19-15-6-4-3-5-7-15/h3-7,14H,2,8-13H2,1H3,(H-,19,20,21,25,26)/p+1. The van der Waals surface area contributed by atoms with Crippen LogP contribution in [-0.4, -0.2) is 59.8 Å². The quantitative estimate of drug-likeness (QED) is 0.675. The van der Waals surface area contributed by atoms with Crippen LogP contribution in [0.3, 0.4) is 0 Å². The number of piperazine rings is 1. The molecule has 0 aliphatic carbocycles. The minimum Gasteiger partial charge on any atom is -0.317 e. The Morgan fingerprint density at radius 1 is 1.18 bits per heavy atom. The lowest BCUT2D eigenvalue weighted by atomic mass is 10.3. The lowest BCUT2D eigenvalue weighted by molar-refractivity contribution is -0.759. The largest absolute Gasteiger partial charge is 0.317 e. The lowest BCUT2D eigenvalue weighted by Crippen LogP contribution is -2.65. The zero-order valence-corrected chi connectivity index (χ0v) is 16.7. The number of likely N-dealkylation sites (N-methyl/N-ethyl adjacent to an activating group) is 1. The molecule has 2 amide bonds. The zero-order valence-electron chi connectivity index (χ0n) is 15.8. The normalized spacial score (nSPS) is 14.7. The molecule has 1 saturated heterocycles. The molecule has 1 aromatic carbocycles. The van der Waals surface area contributed by atoms with Crippen LogP contribution in [0.2, 0.25) is 0 Å². The van der Waals surface area contributed by atoms with Gasteiger partial charge in [-0.2, -0.15) is 5.01 Å². The average Bonchev–Trinajstić information content (AvgIpc) is 3.17. The van der Waals surface area contributed by atoms with E-state index in [0.29, 0.717) is 11.6 Å². The van der Waals surface area contributed by atoms with Gasteiger partial charge in [0.15, 0.2) is 0 Å². The molecular formula is C18H25N6O3S+. The Morgan fingerprint density at radius 2 is 1.93 bits per heavy atom. The number of aromatic nitrogens is 2. The summed E-state index contributed by atoms with van der Waals surface area (Å²) in [5.74, 6) is 0.443. The first-order valence-electron chi connectivity index (χ1n) is 9.29. The predicted molar refractivity (Wildman–Crippen MR) is 108 cm³/mol. The SMILES string of the molecule is CCN1CCN([n+]2cc(NC(=O)CCSC(=O)Nc3ccccc3)on2)CC1. The molecule has 28 heavy (non-hydrogen) atoms. The van der Waals surface area contributed by atoms with Crippen molar-refractivity contribution in [1.82, 2.24) is 10.2 Å². The van der Waals surface area contributed by atoms with E-state index in [9.17, 15) is 9.59 Å². The third kappa shape index (κ3) is 5.96. The molecule has 0 radical (unpaired) electrons. The van der Waals surface area contributed by atoms with E-state index in [2.05, 4.69) is 32.7 Å². The summed E-state index contributed by atoms with van der Waals surface area (Å²) in [7, 11) is 0. The molecule has 0 unspecified atom stereocenters. The Morgan fingerprint density at radius 3 is 2.64 bits per heavy atom. The fourth-order valence-electron chi connectivity index (χ4n) is 2.80. The molecule has 3 rings (SSSR count). The van der Waals surface area contributed by atoms with Crippen LogP contribution in [-0.2, 0) is 4.79 Å². The summed E-state index contributed by atoms with van der Waals surface area (Å²) in [6, 6.07) is 9.20. The Labute approximate surface area is 168 Å². The number of carbonyl (C=O) groups excluding carboxylic acids is 2. The highest BCUT2D eigenvalue weighted by Gasteiger charge is 2.25. The highest BCUT2D eigenvalue weighted by Crippen LogP contribution is 2.12. The van der Waals surface area contributed by atoms with Crippen LogP contribution in [0.25, 0.3) is 0 Å². The number of nitrogens with zero attached hydrogens (tertiary/aromatic N) is 4. The molecule has 2 aromatic rings. The molecule has 1 aromatic heterocycles. The van der Waals surface area contributed by atoms with Gasteiger partial charge in [-0.15, -0.1) is 0 Å². The maximum atomic E-state index is 12.0. The fourth-order valence-corrected chi connectivity index (χ4v) is 3.46. The van der Waals surface area contributed by atoms with Crippen molar-refractivity contribution in [3.63, 3.8) is 0 Å². The number of hydrogen-bond acceptors (Lipinski definition) is 7. The number of thioether (sulfide) groups is 1. The third-order valence-corrected chi connectivity index (χ3v) is 5.16. The van der Waals surface area contributed by atoms with Crippen LogP contribution >= 0.6 is 11.8 Å². The highest BCUT2D eigenvalue weighted by molar-refractivity contribution is 8.13. The molecule has 1 aliphatic heterocycles. The van der Waals surface area contributed by atoms with Crippen LogP contribution < -0.4 is 20.4 Å². The van der Waals surface area contributed by atoms with E-state index < -0.39 is 0 Å². The van der Waals surface area contributed by atoms with E-state index in [1.807, 2.05) is 30.3 Å². The Kier molecular flexibility index (Phi) is 7.26. The van der Waals surface area contributed by atoms with Crippen molar-refractivity contribution in [2.45, 2.75) is 13.3 Å². The van der Waals surface area contributed by atoms with Crippen molar-refractivity contribution in [2.75, 3.05) is 54.1 Å². The van der Waals surface area contributed by atoms with Gasteiger partial charge in [0.1, 0.15) is 0 Å². The van der Waals surface area contributed by atoms with Crippen LogP contribution in [0, 0.1) is 0 Å². The highest BCUT2D eigenvalue weighted by atomic mass is 32.2. The monoisotopic (exact) mass is 405 g/mol. The van der Waals surface area contributed by atoms with Crippen LogP contribution in [0.4, 0.5) is 16.4 Å². The molecule has 0 bridgehead atoms. The minimum atomic E-state index is -0.223. The van der Waals surface area contributed by atoms with Gasteiger partial charge >= 0.3 is 5.88 Å². The predicted octanol–water partition coefficient (Wildman–Crippen LogP) is 1.53. The Bertz CT molecular complexity index is 777. The summed E-state index contributed by atoms with van der Waals surface area (Å²) in [6.45, 7) is 6.84. The number of nitrogens with one attached hydrogen (secondary N) is 2. The number of hydrogen-bond donors (Lipinski definition) is 2. The Hall–Kier alpha value is -2.59. The average molecular weight is 406 g/mol. The van der Waals surface area contributed by atoms with Gasteiger partial charge in [0.25, 0.3) is 11.4 Å². The number of carbonyl (C=O) groups is 2. The summed E-state index contributed by atoms with van der Waals surface area (Å²) < 4.78 is 5.19. The molecular weight excluding hydrogens is 380 g/mol. The van der Waals surface area contributed by atoms with Crippen molar-refractivity contribution >= 4 is 34.5 Å². The number of para-hydroxylation sites is 1. The first-order valence-corrected chi connectivity index (χ1v) is 10.3. The second-order valence-corrected chi connectivity index (χ2v) is 7.37. The summed E-state index contributed by atoms with van der Waals surface area (Å²) in [5.41, 5.74) is 0.732. The molecule has 1 aliphatic rings. The van der Waals surface area contributed by atoms with Crippen molar-refractivity contribution in [3.8, 4) is 0 Å². The van der Waals surface area contributed by atoms with E-state index in [1.165, 1.54) is 0 Å². The first-order chi connectivity index (χ1) is 13.6. The number of benzene rings is 1. The minimum absolute atomic E-state index is 0.192. The fraction of sp³-hybridized carbons (Fsp3) is 0.444. The molecule has 1 fully saturated rings. The van der Waals surface area contributed by atoms with Gasteiger partial charge in [-0.1, -0.05) is 36.9 Å². The van der Waals surface area contributed by atoms with Gasteiger partial charge in [-0.25, -0.2) is 0 Å². The molecule has 0 saturated carbocycles. The molecule has 2 N–H and O–H groups in total. The van der Waals surface area contributed by atoms with Crippen molar-refractivity contribution in [3.05, 3.63) is 36.5 Å². The van der Waals surface area contributed by atoms with Crippen LogP contribution in [0.5, 0.6) is 0 Å². The first kappa shape index (κ1) is 20.2. The molecule has 150 valence electrons. The maximum absolute atomic E-state index is 12.0. The van der Waals surface area contributed by atoms with E-state index in [0.717, 1.165) is 50.2 Å². The van der Waals surface area contributed by atoms with Gasteiger partial charge in [-0.05, 0) is 18.7 Å². The third-order valence-electron chi connectivity index (χ3n) is 4.39. The smallest absolute Gasteiger partial charge is 0.305 e. The van der Waals surface area contributed by atoms with Gasteiger partial charge in [-0.3, -0.25) is 24.3 Å². The van der Waals surface area contributed by atoms with Gasteiger partial charge in [0.05, 0.1) is 17.9 Å². The summed E-state index contributed by atoms with van der Waals surface area (Å²) in [5, 5.41) is 11.3. The molecule has 9 nitrogen and oxygen atoms in total. The van der Waals surface area contributed by atoms with Crippen molar-refractivity contribution < 1.29 is 18.9 Å². The lowest BCUT2D eigenvalue weighted by Gasteiger charge is -2.28. The maximum Gasteiger partial charge on any atom is 0.305 e. The topological polar surface area (TPSA) is 94.6 Å². The summed E-state index contributed by atoms with van der Waals surface area (Å²) in [6.07, 6.45) is 1.86. The number of rotatable bonds is 7. The van der Waals surface area contributed by atoms with Gasteiger partial charge in [0, 0.05) is 31.0 Å². The van der Waals surface area contributed by atoms with Gasteiger partial charge in [0.2, 0.25) is 11.2 Å². The number of anilines is 2. The van der Waals surface area contributed by atoms with E-state index in [1.54, 1.807) is 11.0 Å². The van der Waals surface area contributed by atoms with Crippen LogP contribution in [0.1, 0.15) is 13.3 Å². The molecule has 10 heteroatoms. The van der Waals surface area contributed by atoms with Gasteiger partial charge < -0.3 is 5.32 Å². The van der Waals surface area contributed by atoms with E-state index in [-0.39, 0.29) is 17.6 Å². The van der Waals surface area contributed by atoms with E-state index in [4.69, 9.17) is 4.52 Å². The zero-order chi connectivity index (χ0) is 19.8. The molecule has 0 spiro atoms. The van der Waals surface area contributed by atoms with Crippen molar-refractivity contribution in [1.29, 1.82) is 0 Å². The summed E-state index contributed by atoms with van der Waals surface area (Å²) >= 11 is 1.07. The second-order valence-electron chi connectivity index (χ2n) is 6.30. The summed E-state index contributed by atoms with van der Waals surface area (Å²) in [4.78, 5) is 27.9. The molecule has 2 heterocycles. The van der Waals surface area contributed by atoms with Crippen LogP contribution in [0.15, 0.2) is 41.1 Å². The van der Waals surface area contributed by atoms with Crippen molar-refractivity contribution in [2.24, 2.45) is 0 Å². The van der Waals surface area contributed by atoms with E-state index >= 15 is 0 Å². The second kappa shape index (κ2) is 10.1. The Balaban J connectivity index is 1.37. The molecule has 0 atom stereocenters.